The van der Waals surface area contributed by atoms with Gasteiger partial charge in [-0.25, -0.2) is 0 Å². The highest BCUT2D eigenvalue weighted by atomic mass is 35.5. The molecule has 1 atom stereocenters. The number of nitrogens with zero attached hydrogens (tertiary/aromatic N) is 1. The zero-order chi connectivity index (χ0) is 20.5. The average molecular weight is 400 g/mol. The number of hydrogen-bond donors (Lipinski definition) is 1. The maximum Gasteiger partial charge on any atom is 0.310 e. The van der Waals surface area contributed by atoms with Gasteiger partial charge in [0.1, 0.15) is 6.42 Å². The van der Waals surface area contributed by atoms with Crippen LogP contribution in [0.5, 0.6) is 0 Å². The van der Waals surface area contributed by atoms with Gasteiger partial charge in [0.05, 0.1) is 12.8 Å². The fraction of sp³-hybridized carbons (Fsp3) is 0.190. The van der Waals surface area contributed by atoms with Crippen molar-refractivity contribution in [3.05, 3.63) is 70.8 Å². The molecule has 28 heavy (non-hydrogen) atoms. The molecule has 0 fully saturated rings. The van der Waals surface area contributed by atoms with Crippen LogP contribution < -0.4 is 4.90 Å². The molecule has 0 spiro atoms. The van der Waals surface area contributed by atoms with Crippen molar-refractivity contribution in [1.82, 2.24) is 0 Å². The Kier molecular flexibility index (Phi) is 5.36. The van der Waals surface area contributed by atoms with Crippen molar-refractivity contribution in [2.45, 2.75) is 19.1 Å². The van der Waals surface area contributed by atoms with E-state index < -0.39 is 23.9 Å². The third-order valence-electron chi connectivity index (χ3n) is 4.56. The van der Waals surface area contributed by atoms with E-state index in [-0.39, 0.29) is 5.78 Å². The molecule has 0 bridgehead atoms. The zero-order valence-electron chi connectivity index (χ0n) is 15.3. The number of esters is 1. The van der Waals surface area contributed by atoms with Gasteiger partial charge in [-0.3, -0.25) is 14.4 Å². The minimum absolute atomic E-state index is 0.109. The molecule has 3 rings (SSSR count). The number of aliphatic hydroxyl groups is 1. The molecule has 0 aliphatic carbocycles. The normalized spacial score (nSPS) is 18.8. The number of anilines is 1. The number of rotatable bonds is 5. The standard InChI is InChI=1S/C21H18ClNO5/c1-13(24)14-5-9-17(10-6-14)23-18(15-3-7-16(22)8-4-15)11-19(25)21(23,27)12-20(26)28-2/h3-11,27H,12H2,1-2H3/t21-/m0/s1. The van der Waals surface area contributed by atoms with E-state index in [9.17, 15) is 19.5 Å². The minimum atomic E-state index is -2.14. The molecule has 1 aliphatic rings. The number of ketones is 2. The van der Waals surface area contributed by atoms with Crippen LogP contribution in [0.4, 0.5) is 5.69 Å². The molecule has 0 radical (unpaired) electrons. The molecule has 1 N–H and O–H groups in total. The van der Waals surface area contributed by atoms with E-state index >= 15 is 0 Å². The number of carbonyl (C=O) groups excluding carboxylic acids is 3. The van der Waals surface area contributed by atoms with Gasteiger partial charge >= 0.3 is 5.97 Å². The summed E-state index contributed by atoms with van der Waals surface area (Å²) in [5, 5.41) is 11.7. The molecule has 0 saturated carbocycles. The molecular formula is C21H18ClNO5. The molecule has 7 heteroatoms. The van der Waals surface area contributed by atoms with Gasteiger partial charge in [-0.1, -0.05) is 23.7 Å². The Bertz CT molecular complexity index is 965. The summed E-state index contributed by atoms with van der Waals surface area (Å²) >= 11 is 5.95. The van der Waals surface area contributed by atoms with Crippen molar-refractivity contribution in [3.63, 3.8) is 0 Å². The Labute approximate surface area is 167 Å². The minimum Gasteiger partial charge on any atom is -0.469 e. The number of halogens is 1. The lowest BCUT2D eigenvalue weighted by atomic mass is 10.0. The van der Waals surface area contributed by atoms with E-state index in [0.717, 1.165) is 0 Å². The van der Waals surface area contributed by atoms with Gasteiger partial charge < -0.3 is 14.7 Å². The lowest BCUT2D eigenvalue weighted by Gasteiger charge is -2.35. The van der Waals surface area contributed by atoms with Crippen molar-refractivity contribution in [2.24, 2.45) is 0 Å². The van der Waals surface area contributed by atoms with Crippen LogP contribution in [0.1, 0.15) is 29.3 Å². The maximum atomic E-state index is 12.7. The van der Waals surface area contributed by atoms with Crippen LogP contribution in [0.15, 0.2) is 54.6 Å². The zero-order valence-corrected chi connectivity index (χ0v) is 16.1. The van der Waals surface area contributed by atoms with Gasteiger partial charge in [0, 0.05) is 22.3 Å². The summed E-state index contributed by atoms with van der Waals surface area (Å²) in [6, 6.07) is 13.2. The number of carbonyl (C=O) groups is 3. The SMILES string of the molecule is COC(=O)C[C@]1(O)C(=O)C=C(c2ccc(Cl)cc2)N1c1ccc(C(C)=O)cc1. The van der Waals surface area contributed by atoms with Crippen LogP contribution in [0.2, 0.25) is 5.02 Å². The van der Waals surface area contributed by atoms with E-state index in [1.54, 1.807) is 48.5 Å². The predicted octanol–water partition coefficient (Wildman–Crippen LogP) is 3.22. The van der Waals surface area contributed by atoms with E-state index in [0.29, 0.717) is 27.5 Å². The second kappa shape index (κ2) is 7.58. The Balaban J connectivity index is 2.11. The highest BCUT2D eigenvalue weighted by Gasteiger charge is 2.50. The summed E-state index contributed by atoms with van der Waals surface area (Å²) < 4.78 is 4.65. The van der Waals surface area contributed by atoms with E-state index in [1.165, 1.54) is 25.0 Å². The molecule has 0 unspecified atom stereocenters. The second-order valence-electron chi connectivity index (χ2n) is 6.41. The first-order valence-electron chi connectivity index (χ1n) is 8.49. The summed E-state index contributed by atoms with van der Waals surface area (Å²) in [7, 11) is 1.19. The lowest BCUT2D eigenvalue weighted by molar-refractivity contribution is -0.150. The molecule has 2 aromatic carbocycles. The molecule has 1 aliphatic heterocycles. The number of Topliss-reactive ketones (excluding diaryl/α,β-unsaturated/α-hetero) is 1. The molecule has 0 saturated heterocycles. The highest BCUT2D eigenvalue weighted by Crippen LogP contribution is 2.40. The van der Waals surface area contributed by atoms with Gasteiger partial charge in [0.15, 0.2) is 5.78 Å². The monoisotopic (exact) mass is 399 g/mol. The summed E-state index contributed by atoms with van der Waals surface area (Å²) in [6.07, 6.45) is 0.732. The largest absolute Gasteiger partial charge is 0.469 e. The predicted molar refractivity (Wildman–Crippen MR) is 105 cm³/mol. The van der Waals surface area contributed by atoms with E-state index in [2.05, 4.69) is 4.74 Å². The Morgan fingerprint density at radius 2 is 1.71 bits per heavy atom. The molecule has 6 nitrogen and oxygen atoms in total. The Morgan fingerprint density at radius 1 is 1.11 bits per heavy atom. The van der Waals surface area contributed by atoms with Gasteiger partial charge in [-0.15, -0.1) is 0 Å². The summed E-state index contributed by atoms with van der Waals surface area (Å²) in [5.74, 6) is -1.48. The summed E-state index contributed by atoms with van der Waals surface area (Å²) in [4.78, 5) is 37.5. The Morgan fingerprint density at radius 3 is 2.25 bits per heavy atom. The quantitative estimate of drug-likeness (QED) is 0.614. The van der Waals surface area contributed by atoms with Crippen LogP contribution in [-0.2, 0) is 14.3 Å². The van der Waals surface area contributed by atoms with Crippen LogP contribution >= 0.6 is 11.6 Å². The second-order valence-corrected chi connectivity index (χ2v) is 6.85. The molecular weight excluding hydrogens is 382 g/mol. The van der Waals surface area contributed by atoms with Gasteiger partial charge in [0.25, 0.3) is 0 Å². The third kappa shape index (κ3) is 3.56. The van der Waals surface area contributed by atoms with Crippen LogP contribution in [0, 0.1) is 0 Å². The summed E-state index contributed by atoms with van der Waals surface area (Å²) in [5.41, 5.74) is -0.163. The lowest BCUT2D eigenvalue weighted by Crippen LogP contribution is -2.51. The fourth-order valence-electron chi connectivity index (χ4n) is 3.08. The number of methoxy groups -OCH3 is 1. The van der Waals surface area contributed by atoms with Gasteiger partial charge in [0.2, 0.25) is 11.5 Å². The maximum absolute atomic E-state index is 12.7. The number of benzene rings is 2. The van der Waals surface area contributed by atoms with Gasteiger partial charge in [-0.05, 0) is 48.9 Å². The number of ether oxygens (including phenoxy) is 1. The smallest absolute Gasteiger partial charge is 0.310 e. The van der Waals surface area contributed by atoms with E-state index in [1.807, 2.05) is 0 Å². The van der Waals surface area contributed by atoms with Crippen molar-refractivity contribution in [1.29, 1.82) is 0 Å². The van der Waals surface area contributed by atoms with E-state index in [4.69, 9.17) is 11.6 Å². The molecule has 0 aromatic heterocycles. The molecule has 0 amide bonds. The van der Waals surface area contributed by atoms with Crippen LogP contribution in [0.25, 0.3) is 5.70 Å². The van der Waals surface area contributed by atoms with Crippen molar-refractivity contribution >= 4 is 40.5 Å². The topological polar surface area (TPSA) is 83.9 Å². The molecule has 2 aromatic rings. The van der Waals surface area contributed by atoms with Crippen molar-refractivity contribution < 1.29 is 24.2 Å². The van der Waals surface area contributed by atoms with Gasteiger partial charge in [-0.2, -0.15) is 0 Å². The first kappa shape index (κ1) is 19.8. The molecule has 1 heterocycles. The third-order valence-corrected chi connectivity index (χ3v) is 4.82. The van der Waals surface area contributed by atoms with Crippen molar-refractivity contribution in [3.8, 4) is 0 Å². The Hall–Kier alpha value is -2.96. The molecule has 144 valence electrons. The first-order valence-corrected chi connectivity index (χ1v) is 8.86. The first-order chi connectivity index (χ1) is 13.3. The fourth-order valence-corrected chi connectivity index (χ4v) is 3.21. The van der Waals surface area contributed by atoms with Crippen LogP contribution in [-0.4, -0.2) is 35.5 Å². The van der Waals surface area contributed by atoms with Crippen LogP contribution in [0.3, 0.4) is 0 Å². The summed E-state index contributed by atoms with van der Waals surface area (Å²) in [6.45, 7) is 1.45. The highest BCUT2D eigenvalue weighted by molar-refractivity contribution is 6.30. The average Bonchev–Trinajstić information content (AvgIpc) is 2.93. The number of hydrogen-bond acceptors (Lipinski definition) is 6. The van der Waals surface area contributed by atoms with Crippen molar-refractivity contribution in [2.75, 3.05) is 12.0 Å².